The number of pyridine rings is 1. The summed E-state index contributed by atoms with van der Waals surface area (Å²) in [5.74, 6) is -0.343. The lowest BCUT2D eigenvalue weighted by Crippen LogP contribution is -2.29. The molecule has 2 rings (SSSR count). The van der Waals surface area contributed by atoms with Crippen molar-refractivity contribution in [2.45, 2.75) is 18.7 Å². The number of hydrogen-bond acceptors (Lipinski definition) is 3. The Morgan fingerprint density at radius 3 is 2.70 bits per heavy atom. The minimum Gasteiger partial charge on any atom is -0.387 e. The normalized spacial score (nSPS) is 12.7. The van der Waals surface area contributed by atoms with Gasteiger partial charge in [-0.3, -0.25) is 9.78 Å². The van der Waals surface area contributed by atoms with Crippen LogP contribution in [0.4, 0.5) is 13.2 Å². The van der Waals surface area contributed by atoms with E-state index in [2.05, 4.69) is 10.3 Å². The van der Waals surface area contributed by atoms with Crippen LogP contribution in [0.5, 0.6) is 0 Å². The Kier molecular flexibility index (Phi) is 5.33. The van der Waals surface area contributed by atoms with Crippen molar-refractivity contribution in [3.8, 4) is 0 Å². The number of aliphatic hydroxyl groups is 1. The Morgan fingerprint density at radius 1 is 1.26 bits per heavy atom. The Bertz CT molecular complexity index is 660. The van der Waals surface area contributed by atoms with E-state index in [0.717, 1.165) is 12.1 Å². The van der Waals surface area contributed by atoms with Gasteiger partial charge in [-0.2, -0.15) is 13.2 Å². The summed E-state index contributed by atoms with van der Waals surface area (Å²) >= 11 is 0. The third kappa shape index (κ3) is 5.07. The molecule has 0 radical (unpaired) electrons. The first-order valence-corrected chi connectivity index (χ1v) is 6.87. The largest absolute Gasteiger partial charge is 0.416 e. The first-order valence-electron chi connectivity index (χ1n) is 6.87. The minimum absolute atomic E-state index is 0.0865. The fraction of sp³-hybridized carbons (Fsp3) is 0.250. The van der Waals surface area contributed by atoms with Crippen molar-refractivity contribution in [2.24, 2.45) is 0 Å². The SMILES string of the molecule is O=C(Cc1cccnc1)NCC(O)c1cccc(C(F)(F)F)c1. The maximum atomic E-state index is 12.6. The van der Waals surface area contributed by atoms with Gasteiger partial charge >= 0.3 is 6.18 Å². The molecule has 1 unspecified atom stereocenters. The van der Waals surface area contributed by atoms with Crippen LogP contribution in [-0.2, 0) is 17.4 Å². The van der Waals surface area contributed by atoms with Gasteiger partial charge in [0.05, 0.1) is 18.1 Å². The van der Waals surface area contributed by atoms with Gasteiger partial charge in [0.2, 0.25) is 5.91 Å². The number of aromatic nitrogens is 1. The number of nitrogens with one attached hydrogen (secondary N) is 1. The molecule has 0 saturated heterocycles. The van der Waals surface area contributed by atoms with Gasteiger partial charge < -0.3 is 10.4 Å². The lowest BCUT2D eigenvalue weighted by atomic mass is 10.1. The fourth-order valence-electron chi connectivity index (χ4n) is 2.00. The van der Waals surface area contributed by atoms with E-state index < -0.39 is 17.8 Å². The van der Waals surface area contributed by atoms with Crippen LogP contribution < -0.4 is 5.32 Å². The van der Waals surface area contributed by atoms with Crippen LogP contribution >= 0.6 is 0 Å². The quantitative estimate of drug-likeness (QED) is 0.888. The van der Waals surface area contributed by atoms with Crippen LogP contribution in [0.1, 0.15) is 22.8 Å². The van der Waals surface area contributed by atoms with Gasteiger partial charge in [-0.1, -0.05) is 18.2 Å². The topological polar surface area (TPSA) is 62.2 Å². The number of aliphatic hydroxyl groups excluding tert-OH is 1. The van der Waals surface area contributed by atoms with E-state index in [1.54, 1.807) is 24.5 Å². The van der Waals surface area contributed by atoms with Crippen molar-refractivity contribution in [1.82, 2.24) is 10.3 Å². The van der Waals surface area contributed by atoms with Gasteiger partial charge in [0.25, 0.3) is 0 Å². The zero-order valence-corrected chi connectivity index (χ0v) is 12.0. The monoisotopic (exact) mass is 324 g/mol. The van der Waals surface area contributed by atoms with Crippen LogP contribution in [0.2, 0.25) is 0 Å². The van der Waals surface area contributed by atoms with Crippen molar-refractivity contribution in [3.63, 3.8) is 0 Å². The summed E-state index contributed by atoms with van der Waals surface area (Å²) in [5, 5.41) is 12.4. The van der Waals surface area contributed by atoms with Crippen molar-refractivity contribution in [3.05, 3.63) is 65.5 Å². The summed E-state index contributed by atoms with van der Waals surface area (Å²) in [5.41, 5.74) is -0.0317. The van der Waals surface area contributed by atoms with Crippen LogP contribution in [0.3, 0.4) is 0 Å². The lowest BCUT2D eigenvalue weighted by Gasteiger charge is -2.14. The molecule has 1 aromatic heterocycles. The molecule has 1 heterocycles. The van der Waals surface area contributed by atoms with Gasteiger partial charge in [-0.25, -0.2) is 0 Å². The standard InChI is InChI=1S/C16H15F3N2O2/c17-16(18,19)13-5-1-4-12(8-13)14(22)10-21-15(23)7-11-3-2-6-20-9-11/h1-6,8-9,14,22H,7,10H2,(H,21,23). The number of amides is 1. The first kappa shape index (κ1) is 17.0. The maximum absolute atomic E-state index is 12.6. The van der Waals surface area contributed by atoms with Gasteiger partial charge in [0.15, 0.2) is 0 Å². The summed E-state index contributed by atoms with van der Waals surface area (Å²) in [7, 11) is 0. The van der Waals surface area contributed by atoms with E-state index in [1.807, 2.05) is 0 Å². The molecule has 0 aliphatic carbocycles. The second-order valence-corrected chi connectivity index (χ2v) is 4.98. The average molecular weight is 324 g/mol. The van der Waals surface area contributed by atoms with Crippen LogP contribution in [0.15, 0.2) is 48.8 Å². The molecule has 0 spiro atoms. The summed E-state index contributed by atoms with van der Waals surface area (Å²) < 4.78 is 37.9. The molecule has 0 aliphatic rings. The van der Waals surface area contributed by atoms with Crippen molar-refractivity contribution in [2.75, 3.05) is 6.54 Å². The molecule has 122 valence electrons. The number of carbonyl (C=O) groups is 1. The fourth-order valence-corrected chi connectivity index (χ4v) is 2.00. The number of rotatable bonds is 5. The summed E-state index contributed by atoms with van der Waals surface area (Å²) in [6.45, 7) is -0.166. The van der Waals surface area contributed by atoms with Crippen LogP contribution in [0, 0.1) is 0 Å². The third-order valence-electron chi connectivity index (χ3n) is 3.18. The molecule has 4 nitrogen and oxygen atoms in total. The van der Waals surface area contributed by atoms with Crippen molar-refractivity contribution >= 4 is 5.91 Å². The Hall–Kier alpha value is -2.41. The summed E-state index contributed by atoms with van der Waals surface area (Å²) in [6.07, 6.45) is -2.47. The average Bonchev–Trinajstić information content (AvgIpc) is 2.53. The van der Waals surface area contributed by atoms with Crippen LogP contribution in [-0.4, -0.2) is 22.5 Å². The molecule has 1 atom stereocenters. The molecule has 1 amide bonds. The van der Waals surface area contributed by atoms with E-state index >= 15 is 0 Å². The van der Waals surface area contributed by atoms with Gasteiger partial charge in [-0.15, -0.1) is 0 Å². The zero-order chi connectivity index (χ0) is 16.9. The number of benzene rings is 1. The number of hydrogen-bond donors (Lipinski definition) is 2. The Labute approximate surface area is 131 Å². The molecule has 1 aromatic carbocycles. The summed E-state index contributed by atoms with van der Waals surface area (Å²) in [6, 6.07) is 7.83. The highest BCUT2D eigenvalue weighted by atomic mass is 19.4. The molecule has 2 aromatic rings. The second kappa shape index (κ2) is 7.23. The number of carbonyl (C=O) groups excluding carboxylic acids is 1. The Balaban J connectivity index is 1.92. The van der Waals surface area contributed by atoms with Crippen molar-refractivity contribution < 1.29 is 23.1 Å². The molecule has 0 fully saturated rings. The predicted molar refractivity (Wildman–Crippen MR) is 77.4 cm³/mol. The number of halogens is 3. The predicted octanol–water partition coefficient (Wildman–Crippen LogP) is 2.49. The van der Waals surface area contributed by atoms with Gasteiger partial charge in [0, 0.05) is 18.9 Å². The lowest BCUT2D eigenvalue weighted by molar-refractivity contribution is -0.137. The Morgan fingerprint density at radius 2 is 2.04 bits per heavy atom. The van der Waals surface area contributed by atoms with E-state index in [9.17, 15) is 23.1 Å². The van der Waals surface area contributed by atoms with Gasteiger partial charge in [-0.05, 0) is 29.3 Å². The van der Waals surface area contributed by atoms with Crippen molar-refractivity contribution in [1.29, 1.82) is 0 Å². The zero-order valence-electron chi connectivity index (χ0n) is 12.0. The number of nitrogens with zero attached hydrogens (tertiary/aromatic N) is 1. The highest BCUT2D eigenvalue weighted by Gasteiger charge is 2.30. The molecule has 0 bridgehead atoms. The first-order chi connectivity index (χ1) is 10.9. The smallest absolute Gasteiger partial charge is 0.387 e. The molecule has 7 heteroatoms. The molecule has 23 heavy (non-hydrogen) atoms. The molecular formula is C16H15F3N2O2. The summed E-state index contributed by atoms with van der Waals surface area (Å²) in [4.78, 5) is 15.6. The van der Waals surface area contributed by atoms with E-state index in [0.29, 0.717) is 5.56 Å². The second-order valence-electron chi connectivity index (χ2n) is 4.98. The van der Waals surface area contributed by atoms with E-state index in [4.69, 9.17) is 0 Å². The third-order valence-corrected chi connectivity index (χ3v) is 3.18. The minimum atomic E-state index is -4.47. The molecular weight excluding hydrogens is 309 g/mol. The highest BCUT2D eigenvalue weighted by Crippen LogP contribution is 2.30. The maximum Gasteiger partial charge on any atom is 0.416 e. The molecule has 2 N–H and O–H groups in total. The van der Waals surface area contributed by atoms with E-state index in [-0.39, 0.29) is 24.4 Å². The van der Waals surface area contributed by atoms with E-state index in [1.165, 1.54) is 12.1 Å². The molecule has 0 aliphatic heterocycles. The number of alkyl halides is 3. The highest BCUT2D eigenvalue weighted by molar-refractivity contribution is 5.78. The molecule has 0 saturated carbocycles. The van der Waals surface area contributed by atoms with Crippen LogP contribution in [0.25, 0.3) is 0 Å². The van der Waals surface area contributed by atoms with Gasteiger partial charge in [0.1, 0.15) is 0 Å².